The second-order valence-electron chi connectivity index (χ2n) is 5.62. The molecule has 6 nitrogen and oxygen atoms in total. The van der Waals surface area contributed by atoms with Crippen LogP contribution in [0, 0.1) is 12.8 Å². The third kappa shape index (κ3) is 5.97. The minimum atomic E-state index is 0.0460. The summed E-state index contributed by atoms with van der Waals surface area (Å²) in [6.45, 7) is 9.34. The Kier molecular flexibility index (Phi) is 6.91. The molecule has 0 spiro atoms. The lowest BCUT2D eigenvalue weighted by Crippen LogP contribution is -2.28. The lowest BCUT2D eigenvalue weighted by Gasteiger charge is -2.12. The summed E-state index contributed by atoms with van der Waals surface area (Å²) in [4.78, 5) is 20.4. The summed E-state index contributed by atoms with van der Waals surface area (Å²) in [5.74, 6) is 2.47. The Hall–Kier alpha value is -1.85. The summed E-state index contributed by atoms with van der Waals surface area (Å²) >= 11 is 0. The minimum absolute atomic E-state index is 0.0460. The number of aryl methyl sites for hydroxylation is 1. The topological polar surface area (TPSA) is 92.9 Å². The maximum Gasteiger partial charge on any atom is 0.221 e. The van der Waals surface area contributed by atoms with Gasteiger partial charge in [0.1, 0.15) is 17.5 Å². The highest BCUT2D eigenvalue weighted by Crippen LogP contribution is 2.17. The number of nitrogens with two attached hydrogens (primary N) is 1. The average molecular weight is 293 g/mol. The first kappa shape index (κ1) is 17.2. The molecule has 0 aliphatic carbocycles. The smallest absolute Gasteiger partial charge is 0.221 e. The molecule has 0 aliphatic rings. The van der Waals surface area contributed by atoms with Crippen molar-refractivity contribution in [1.82, 2.24) is 15.3 Å². The van der Waals surface area contributed by atoms with Gasteiger partial charge in [-0.25, -0.2) is 9.97 Å². The number of carbonyl (C=O) groups excluding carboxylic acids is 1. The number of rotatable bonds is 8. The van der Waals surface area contributed by atoms with Gasteiger partial charge < -0.3 is 16.4 Å². The normalized spacial score (nSPS) is 10.7. The van der Waals surface area contributed by atoms with E-state index >= 15 is 0 Å². The van der Waals surface area contributed by atoms with Crippen molar-refractivity contribution < 1.29 is 4.79 Å². The van der Waals surface area contributed by atoms with E-state index in [4.69, 9.17) is 5.73 Å². The van der Waals surface area contributed by atoms with Gasteiger partial charge in [-0.2, -0.15) is 0 Å². The fourth-order valence-electron chi connectivity index (χ4n) is 1.79. The molecule has 1 rings (SSSR count). The molecule has 0 radical (unpaired) electrons. The van der Waals surface area contributed by atoms with E-state index in [2.05, 4.69) is 41.4 Å². The van der Waals surface area contributed by atoms with Crippen molar-refractivity contribution in [2.45, 2.75) is 47.0 Å². The van der Waals surface area contributed by atoms with E-state index in [1.54, 1.807) is 0 Å². The molecule has 1 aromatic heterocycles. The van der Waals surface area contributed by atoms with Crippen LogP contribution in [0.1, 0.15) is 45.0 Å². The molecule has 0 saturated heterocycles. The van der Waals surface area contributed by atoms with Gasteiger partial charge in [-0.3, -0.25) is 4.79 Å². The van der Waals surface area contributed by atoms with Gasteiger partial charge in [0.2, 0.25) is 5.91 Å². The van der Waals surface area contributed by atoms with Gasteiger partial charge in [0.05, 0.1) is 0 Å². The number of nitrogens with zero attached hydrogens (tertiary/aromatic N) is 2. The summed E-state index contributed by atoms with van der Waals surface area (Å²) in [6.07, 6.45) is 2.19. The molecule has 0 unspecified atom stereocenters. The number of aromatic nitrogens is 2. The fourth-order valence-corrected chi connectivity index (χ4v) is 1.79. The molecule has 6 heteroatoms. The Bertz CT molecular complexity index is 473. The van der Waals surface area contributed by atoms with Gasteiger partial charge >= 0.3 is 0 Å². The number of amides is 1. The summed E-state index contributed by atoms with van der Waals surface area (Å²) in [5, 5.41) is 6.07. The van der Waals surface area contributed by atoms with Crippen molar-refractivity contribution in [3.63, 3.8) is 0 Å². The van der Waals surface area contributed by atoms with Gasteiger partial charge in [0.15, 0.2) is 0 Å². The van der Waals surface area contributed by atoms with E-state index in [-0.39, 0.29) is 5.91 Å². The molecule has 0 saturated carbocycles. The first-order chi connectivity index (χ1) is 9.93. The second kappa shape index (κ2) is 8.44. The van der Waals surface area contributed by atoms with Crippen LogP contribution >= 0.6 is 0 Å². The number of nitrogens with one attached hydrogen (secondary N) is 2. The van der Waals surface area contributed by atoms with Crippen LogP contribution in [-0.2, 0) is 11.2 Å². The third-order valence-electron chi connectivity index (χ3n) is 3.06. The lowest BCUT2D eigenvalue weighted by atomic mass is 10.2. The SMILES string of the molecule is CCCc1nc(N)c(C)c(NCCC(=O)NCC(C)C)n1. The van der Waals surface area contributed by atoms with Crippen LogP contribution in [0.2, 0.25) is 0 Å². The molecule has 0 aliphatic heterocycles. The van der Waals surface area contributed by atoms with Gasteiger partial charge in [0, 0.05) is 31.5 Å². The van der Waals surface area contributed by atoms with Gasteiger partial charge in [0.25, 0.3) is 0 Å². The summed E-state index contributed by atoms with van der Waals surface area (Å²) < 4.78 is 0. The molecule has 0 aromatic carbocycles. The molecule has 1 heterocycles. The van der Waals surface area contributed by atoms with Crippen molar-refractivity contribution in [3.8, 4) is 0 Å². The second-order valence-corrected chi connectivity index (χ2v) is 5.62. The summed E-state index contributed by atoms with van der Waals surface area (Å²) in [7, 11) is 0. The zero-order valence-electron chi connectivity index (χ0n) is 13.5. The van der Waals surface area contributed by atoms with E-state index in [9.17, 15) is 4.79 Å². The highest BCUT2D eigenvalue weighted by Gasteiger charge is 2.09. The van der Waals surface area contributed by atoms with Gasteiger partial charge in [-0.15, -0.1) is 0 Å². The summed E-state index contributed by atoms with van der Waals surface area (Å²) in [5.41, 5.74) is 6.72. The van der Waals surface area contributed by atoms with Crippen LogP contribution in [0.25, 0.3) is 0 Å². The van der Waals surface area contributed by atoms with Gasteiger partial charge in [-0.1, -0.05) is 20.8 Å². The minimum Gasteiger partial charge on any atom is -0.383 e. The van der Waals surface area contributed by atoms with Crippen LogP contribution in [0.3, 0.4) is 0 Å². The molecule has 21 heavy (non-hydrogen) atoms. The standard InChI is InChI=1S/C15H27N5O/c1-5-6-12-19-14(16)11(4)15(20-12)17-8-7-13(21)18-9-10(2)3/h10H,5-9H2,1-4H3,(H,18,21)(H3,16,17,19,20). The first-order valence-corrected chi connectivity index (χ1v) is 7.57. The zero-order chi connectivity index (χ0) is 15.8. The van der Waals surface area contributed by atoms with Crippen molar-refractivity contribution in [2.75, 3.05) is 24.1 Å². The van der Waals surface area contributed by atoms with Crippen molar-refractivity contribution in [1.29, 1.82) is 0 Å². The molecule has 118 valence electrons. The molecule has 0 atom stereocenters. The highest BCUT2D eigenvalue weighted by atomic mass is 16.1. The fraction of sp³-hybridized carbons (Fsp3) is 0.667. The number of hydrogen-bond donors (Lipinski definition) is 3. The quantitative estimate of drug-likeness (QED) is 0.680. The van der Waals surface area contributed by atoms with E-state index in [1.807, 2.05) is 6.92 Å². The number of hydrogen-bond acceptors (Lipinski definition) is 5. The number of carbonyl (C=O) groups is 1. The predicted molar refractivity (Wildman–Crippen MR) is 86.1 cm³/mol. The highest BCUT2D eigenvalue weighted by molar-refractivity contribution is 5.76. The first-order valence-electron chi connectivity index (χ1n) is 7.57. The largest absolute Gasteiger partial charge is 0.383 e. The number of anilines is 2. The van der Waals surface area contributed by atoms with E-state index in [0.717, 1.165) is 30.0 Å². The molecule has 4 N–H and O–H groups in total. The van der Waals surface area contributed by atoms with E-state index in [1.165, 1.54) is 0 Å². The molecule has 0 bridgehead atoms. The van der Waals surface area contributed by atoms with Crippen molar-refractivity contribution in [3.05, 3.63) is 11.4 Å². The van der Waals surface area contributed by atoms with Crippen LogP contribution < -0.4 is 16.4 Å². The Labute approximate surface area is 126 Å². The monoisotopic (exact) mass is 293 g/mol. The lowest BCUT2D eigenvalue weighted by molar-refractivity contribution is -0.120. The maximum atomic E-state index is 11.7. The van der Waals surface area contributed by atoms with Gasteiger partial charge in [-0.05, 0) is 19.3 Å². The number of nitrogen functional groups attached to an aromatic ring is 1. The van der Waals surface area contributed by atoms with Crippen LogP contribution in [0.4, 0.5) is 11.6 Å². The Morgan fingerprint density at radius 2 is 2.05 bits per heavy atom. The Morgan fingerprint density at radius 3 is 2.67 bits per heavy atom. The Balaban J connectivity index is 2.53. The predicted octanol–water partition coefficient (Wildman–Crippen LogP) is 1.89. The maximum absolute atomic E-state index is 11.7. The van der Waals surface area contributed by atoms with Crippen LogP contribution in [0.15, 0.2) is 0 Å². The summed E-state index contributed by atoms with van der Waals surface area (Å²) in [6, 6.07) is 0. The average Bonchev–Trinajstić information content (AvgIpc) is 2.42. The molecule has 1 amide bonds. The van der Waals surface area contributed by atoms with Crippen LogP contribution in [0.5, 0.6) is 0 Å². The molecular formula is C15H27N5O. The van der Waals surface area contributed by atoms with E-state index < -0.39 is 0 Å². The zero-order valence-corrected chi connectivity index (χ0v) is 13.5. The molecule has 1 aromatic rings. The van der Waals surface area contributed by atoms with E-state index in [0.29, 0.717) is 31.2 Å². The van der Waals surface area contributed by atoms with Crippen LogP contribution in [-0.4, -0.2) is 29.0 Å². The third-order valence-corrected chi connectivity index (χ3v) is 3.06. The van der Waals surface area contributed by atoms with Crippen molar-refractivity contribution >= 4 is 17.5 Å². The van der Waals surface area contributed by atoms with Crippen molar-refractivity contribution in [2.24, 2.45) is 5.92 Å². The molecule has 0 fully saturated rings. The molecular weight excluding hydrogens is 266 g/mol. The Morgan fingerprint density at radius 1 is 1.33 bits per heavy atom.